The smallest absolute Gasteiger partial charge is 0.258 e. The lowest BCUT2D eigenvalue weighted by Gasteiger charge is -2.12. The Morgan fingerprint density at radius 2 is 2.15 bits per heavy atom. The number of nitrogens with one attached hydrogen (secondary N) is 1. The summed E-state index contributed by atoms with van der Waals surface area (Å²) in [4.78, 5) is 3.97. The Morgan fingerprint density at radius 1 is 1.46 bits per heavy atom. The standard InChI is InChI=1S/C8H9BrF2N2/c1-5(8(10)11)12-7-4-2-3-6(9)13-7/h2-5,8H,1H3,(H,12,13). The third-order valence-corrected chi connectivity index (χ3v) is 1.91. The van der Waals surface area contributed by atoms with Crippen molar-refractivity contribution in [3.05, 3.63) is 22.8 Å². The molecule has 0 saturated carbocycles. The molecule has 5 heteroatoms. The molecule has 2 nitrogen and oxygen atoms in total. The zero-order valence-electron chi connectivity index (χ0n) is 6.97. The molecule has 1 unspecified atom stereocenters. The molecule has 0 aliphatic carbocycles. The van der Waals surface area contributed by atoms with E-state index in [-0.39, 0.29) is 0 Å². The van der Waals surface area contributed by atoms with E-state index >= 15 is 0 Å². The van der Waals surface area contributed by atoms with Crippen LogP contribution in [0.3, 0.4) is 0 Å². The predicted molar refractivity (Wildman–Crippen MR) is 51.0 cm³/mol. The second kappa shape index (κ2) is 4.50. The number of hydrogen-bond donors (Lipinski definition) is 1. The third-order valence-electron chi connectivity index (χ3n) is 1.47. The molecule has 1 aromatic heterocycles. The monoisotopic (exact) mass is 250 g/mol. The zero-order valence-corrected chi connectivity index (χ0v) is 8.55. The molecule has 1 N–H and O–H groups in total. The van der Waals surface area contributed by atoms with Gasteiger partial charge in [-0.2, -0.15) is 0 Å². The van der Waals surface area contributed by atoms with Gasteiger partial charge >= 0.3 is 0 Å². The lowest BCUT2D eigenvalue weighted by molar-refractivity contribution is 0.130. The van der Waals surface area contributed by atoms with Gasteiger partial charge in [0, 0.05) is 0 Å². The minimum absolute atomic E-state index is 0.446. The fourth-order valence-corrected chi connectivity index (χ4v) is 1.13. The normalized spacial score (nSPS) is 13.0. The highest BCUT2D eigenvalue weighted by Gasteiger charge is 2.14. The van der Waals surface area contributed by atoms with Gasteiger partial charge in [-0.05, 0) is 35.0 Å². The molecule has 0 bridgehead atoms. The largest absolute Gasteiger partial charge is 0.362 e. The van der Waals surface area contributed by atoms with Crippen molar-refractivity contribution < 1.29 is 8.78 Å². The van der Waals surface area contributed by atoms with Crippen LogP contribution in [-0.2, 0) is 0 Å². The lowest BCUT2D eigenvalue weighted by Crippen LogP contribution is -2.24. The number of nitrogens with zero attached hydrogens (tertiary/aromatic N) is 1. The average molecular weight is 251 g/mol. The van der Waals surface area contributed by atoms with Crippen LogP contribution in [0.5, 0.6) is 0 Å². The summed E-state index contributed by atoms with van der Waals surface area (Å²) in [6.07, 6.45) is -2.39. The zero-order chi connectivity index (χ0) is 9.84. The number of rotatable bonds is 3. The SMILES string of the molecule is CC(Nc1cccc(Br)n1)C(F)F. The number of anilines is 1. The van der Waals surface area contributed by atoms with Crippen LogP contribution < -0.4 is 5.32 Å². The van der Waals surface area contributed by atoms with Gasteiger partial charge in [0.1, 0.15) is 10.4 Å². The first-order chi connectivity index (χ1) is 6.09. The van der Waals surface area contributed by atoms with Gasteiger partial charge in [-0.1, -0.05) is 6.07 Å². The van der Waals surface area contributed by atoms with E-state index in [9.17, 15) is 8.78 Å². The second-order valence-electron chi connectivity index (χ2n) is 2.61. The van der Waals surface area contributed by atoms with E-state index in [1.54, 1.807) is 18.2 Å². The topological polar surface area (TPSA) is 24.9 Å². The molecule has 0 amide bonds. The van der Waals surface area contributed by atoms with Gasteiger partial charge in [0.25, 0.3) is 6.43 Å². The molecule has 0 saturated heterocycles. The fourth-order valence-electron chi connectivity index (χ4n) is 0.785. The van der Waals surface area contributed by atoms with Crippen LogP contribution in [0.25, 0.3) is 0 Å². The Kier molecular flexibility index (Phi) is 3.59. The summed E-state index contributed by atoms with van der Waals surface area (Å²) in [5.74, 6) is 0.446. The predicted octanol–water partition coefficient (Wildman–Crippen LogP) is 2.91. The molecular formula is C8H9BrF2N2. The number of hydrogen-bond acceptors (Lipinski definition) is 2. The van der Waals surface area contributed by atoms with Crippen LogP contribution in [0.4, 0.5) is 14.6 Å². The van der Waals surface area contributed by atoms with E-state index in [0.717, 1.165) is 0 Å². The highest BCUT2D eigenvalue weighted by molar-refractivity contribution is 9.10. The van der Waals surface area contributed by atoms with Crippen molar-refractivity contribution in [1.82, 2.24) is 4.98 Å². The Bertz CT molecular complexity index is 281. The van der Waals surface area contributed by atoms with Crippen molar-refractivity contribution >= 4 is 21.7 Å². The molecule has 0 aromatic carbocycles. The van der Waals surface area contributed by atoms with Gasteiger partial charge in [-0.15, -0.1) is 0 Å². The van der Waals surface area contributed by atoms with Crippen molar-refractivity contribution in [1.29, 1.82) is 0 Å². The van der Waals surface area contributed by atoms with Crippen molar-refractivity contribution in [2.75, 3.05) is 5.32 Å². The molecule has 1 aromatic rings. The maximum Gasteiger partial charge on any atom is 0.258 e. The van der Waals surface area contributed by atoms with Gasteiger partial charge < -0.3 is 5.32 Å². The minimum atomic E-state index is -2.39. The van der Waals surface area contributed by atoms with Crippen LogP contribution in [0.1, 0.15) is 6.92 Å². The summed E-state index contributed by atoms with van der Waals surface area (Å²) >= 11 is 3.15. The van der Waals surface area contributed by atoms with Gasteiger partial charge in [-0.3, -0.25) is 0 Å². The van der Waals surface area contributed by atoms with Crippen molar-refractivity contribution in [2.45, 2.75) is 19.4 Å². The first-order valence-electron chi connectivity index (χ1n) is 3.77. The van der Waals surface area contributed by atoms with Crippen LogP contribution in [0.2, 0.25) is 0 Å². The second-order valence-corrected chi connectivity index (χ2v) is 3.43. The Hall–Kier alpha value is -0.710. The van der Waals surface area contributed by atoms with Crippen LogP contribution >= 0.6 is 15.9 Å². The highest BCUT2D eigenvalue weighted by atomic mass is 79.9. The molecule has 72 valence electrons. The molecule has 0 aliphatic heterocycles. The van der Waals surface area contributed by atoms with E-state index in [1.807, 2.05) is 0 Å². The lowest BCUT2D eigenvalue weighted by atomic mass is 10.3. The molecule has 0 spiro atoms. The molecule has 1 rings (SSSR count). The van der Waals surface area contributed by atoms with Crippen LogP contribution in [0, 0.1) is 0 Å². The number of halogens is 3. The highest BCUT2D eigenvalue weighted by Crippen LogP contribution is 2.12. The van der Waals surface area contributed by atoms with Crippen molar-refractivity contribution in [3.63, 3.8) is 0 Å². The van der Waals surface area contributed by atoms with Gasteiger partial charge in [0.15, 0.2) is 0 Å². The van der Waals surface area contributed by atoms with Crippen LogP contribution in [0.15, 0.2) is 22.8 Å². The number of alkyl halides is 2. The van der Waals surface area contributed by atoms with E-state index in [0.29, 0.717) is 10.4 Å². The molecule has 0 fully saturated rings. The number of aromatic nitrogens is 1. The van der Waals surface area contributed by atoms with Gasteiger partial charge in [-0.25, -0.2) is 13.8 Å². The number of pyridine rings is 1. The fraction of sp³-hybridized carbons (Fsp3) is 0.375. The van der Waals surface area contributed by atoms with E-state index < -0.39 is 12.5 Å². The summed E-state index contributed by atoms with van der Waals surface area (Å²) < 4.78 is 24.8. The summed E-state index contributed by atoms with van der Waals surface area (Å²) in [6, 6.07) is 4.22. The molecule has 1 heterocycles. The van der Waals surface area contributed by atoms with E-state index in [1.165, 1.54) is 6.92 Å². The summed E-state index contributed by atoms with van der Waals surface area (Å²) in [7, 11) is 0. The Morgan fingerprint density at radius 3 is 2.69 bits per heavy atom. The first-order valence-corrected chi connectivity index (χ1v) is 4.56. The molecule has 0 aliphatic rings. The van der Waals surface area contributed by atoms with E-state index in [2.05, 4.69) is 26.2 Å². The molecule has 0 radical (unpaired) electrons. The van der Waals surface area contributed by atoms with Gasteiger partial charge in [0.2, 0.25) is 0 Å². The maximum absolute atomic E-state index is 12.1. The first kappa shape index (κ1) is 10.4. The Balaban J connectivity index is 2.64. The van der Waals surface area contributed by atoms with Crippen molar-refractivity contribution in [3.8, 4) is 0 Å². The van der Waals surface area contributed by atoms with E-state index in [4.69, 9.17) is 0 Å². The third kappa shape index (κ3) is 3.26. The van der Waals surface area contributed by atoms with Gasteiger partial charge in [0.05, 0.1) is 6.04 Å². The van der Waals surface area contributed by atoms with Crippen LogP contribution in [-0.4, -0.2) is 17.5 Å². The summed E-state index contributed by atoms with van der Waals surface area (Å²) in [5.41, 5.74) is 0. The summed E-state index contributed by atoms with van der Waals surface area (Å²) in [6.45, 7) is 1.41. The summed E-state index contributed by atoms with van der Waals surface area (Å²) in [5, 5.41) is 2.59. The van der Waals surface area contributed by atoms with Crippen molar-refractivity contribution in [2.24, 2.45) is 0 Å². The average Bonchev–Trinajstić information content (AvgIpc) is 2.04. The maximum atomic E-state index is 12.1. The quantitative estimate of drug-likeness (QED) is 0.835. The molecular weight excluding hydrogens is 242 g/mol. The molecule has 1 atom stereocenters. The molecule has 13 heavy (non-hydrogen) atoms. The Labute approximate surface area is 83.5 Å². The minimum Gasteiger partial charge on any atom is -0.362 e.